The van der Waals surface area contributed by atoms with Crippen molar-refractivity contribution in [2.24, 2.45) is 5.92 Å². The molecule has 8 heteroatoms. The summed E-state index contributed by atoms with van der Waals surface area (Å²) in [6.45, 7) is 5.55. The summed E-state index contributed by atoms with van der Waals surface area (Å²) in [6, 6.07) is 2.17. The van der Waals surface area contributed by atoms with Crippen LogP contribution in [0.4, 0.5) is 0 Å². The van der Waals surface area contributed by atoms with Crippen LogP contribution in [0.3, 0.4) is 0 Å². The minimum atomic E-state index is -3.91. The van der Waals surface area contributed by atoms with Gasteiger partial charge in [0.25, 0.3) is 0 Å². The highest BCUT2D eigenvalue weighted by Gasteiger charge is 2.31. The summed E-state index contributed by atoms with van der Waals surface area (Å²) in [5, 5.41) is 8.61. The first-order valence-electron chi connectivity index (χ1n) is 6.21. The average Bonchev–Trinajstić information content (AvgIpc) is 2.35. The van der Waals surface area contributed by atoms with Gasteiger partial charge in [0.2, 0.25) is 10.0 Å². The van der Waals surface area contributed by atoms with E-state index in [0.29, 0.717) is 0 Å². The molecule has 0 aromatic heterocycles. The van der Waals surface area contributed by atoms with Gasteiger partial charge in [-0.15, -0.1) is 0 Å². The van der Waals surface area contributed by atoms with Crippen LogP contribution in [0.1, 0.15) is 31.1 Å². The van der Waals surface area contributed by atoms with Crippen LogP contribution in [-0.2, 0) is 10.0 Å². The van der Waals surface area contributed by atoms with E-state index in [1.165, 1.54) is 23.5 Å². The third kappa shape index (κ3) is 3.51. The third-order valence-electron chi connectivity index (χ3n) is 3.46. The van der Waals surface area contributed by atoms with Gasteiger partial charge in [-0.2, -0.15) is 4.31 Å². The van der Waals surface area contributed by atoms with Gasteiger partial charge in [-0.25, -0.2) is 13.2 Å². The van der Waals surface area contributed by atoms with Crippen LogP contribution in [0.5, 0.6) is 0 Å². The zero-order valence-electron chi connectivity index (χ0n) is 12.1. The number of carboxylic acid groups (broad SMARTS) is 1. The van der Waals surface area contributed by atoms with E-state index in [1.807, 2.05) is 13.8 Å². The largest absolute Gasteiger partial charge is 0.478 e. The van der Waals surface area contributed by atoms with Crippen LogP contribution in [0.25, 0.3) is 0 Å². The third-order valence-corrected chi connectivity index (χ3v) is 6.27. The summed E-state index contributed by atoms with van der Waals surface area (Å²) in [5.41, 5.74) is -0.412. The van der Waals surface area contributed by atoms with E-state index in [1.54, 1.807) is 6.92 Å². The highest BCUT2D eigenvalue weighted by molar-refractivity contribution is 7.89. The zero-order valence-corrected chi connectivity index (χ0v) is 14.4. The van der Waals surface area contributed by atoms with Gasteiger partial charge in [-0.3, -0.25) is 0 Å². The molecule has 1 rings (SSSR count). The predicted octanol–water partition coefficient (Wildman–Crippen LogP) is 3.36. The molecule has 0 saturated carbocycles. The molecule has 0 amide bonds. The lowest BCUT2D eigenvalue weighted by atomic mass is 10.1. The van der Waals surface area contributed by atoms with Crippen molar-refractivity contribution in [3.63, 3.8) is 0 Å². The van der Waals surface area contributed by atoms with E-state index in [9.17, 15) is 13.2 Å². The quantitative estimate of drug-likeness (QED) is 0.880. The van der Waals surface area contributed by atoms with Crippen molar-refractivity contribution in [1.29, 1.82) is 0 Å². The molecule has 0 bridgehead atoms. The second kappa shape index (κ2) is 6.52. The molecule has 0 aliphatic carbocycles. The van der Waals surface area contributed by atoms with Crippen molar-refractivity contribution in [2.45, 2.75) is 31.7 Å². The molecule has 21 heavy (non-hydrogen) atoms. The molecule has 1 aromatic rings. The Bertz CT molecular complexity index is 658. The first-order valence-corrected chi connectivity index (χ1v) is 8.40. The van der Waals surface area contributed by atoms with Crippen molar-refractivity contribution in [1.82, 2.24) is 4.31 Å². The fraction of sp³-hybridized carbons (Fsp3) is 0.462. The minimum Gasteiger partial charge on any atom is -0.478 e. The predicted molar refractivity (Wildman–Crippen MR) is 82.7 cm³/mol. The van der Waals surface area contributed by atoms with Crippen LogP contribution in [0, 0.1) is 5.92 Å². The Morgan fingerprint density at radius 1 is 1.24 bits per heavy atom. The Morgan fingerprint density at radius 2 is 1.76 bits per heavy atom. The number of halogens is 2. The molecular formula is C13H17Cl2NO4S. The molecule has 0 aliphatic rings. The SMILES string of the molecule is CC(C)C(C)N(C)S(=O)(=O)c1ccc(Cl)c(C(=O)O)c1Cl. The zero-order chi connectivity index (χ0) is 16.5. The Labute approximate surface area is 134 Å². The fourth-order valence-electron chi connectivity index (χ4n) is 1.72. The van der Waals surface area contributed by atoms with E-state index < -0.39 is 21.6 Å². The smallest absolute Gasteiger partial charge is 0.338 e. The highest BCUT2D eigenvalue weighted by atomic mass is 35.5. The number of hydrogen-bond acceptors (Lipinski definition) is 3. The van der Waals surface area contributed by atoms with Crippen molar-refractivity contribution in [3.05, 3.63) is 27.7 Å². The second-order valence-electron chi connectivity index (χ2n) is 5.05. The number of carboxylic acids is 1. The molecule has 1 N–H and O–H groups in total. The van der Waals surface area contributed by atoms with Crippen LogP contribution >= 0.6 is 23.2 Å². The van der Waals surface area contributed by atoms with Crippen LogP contribution in [0.2, 0.25) is 10.0 Å². The molecule has 0 aliphatic heterocycles. The second-order valence-corrected chi connectivity index (χ2v) is 7.80. The van der Waals surface area contributed by atoms with Crippen LogP contribution in [0.15, 0.2) is 17.0 Å². The summed E-state index contributed by atoms with van der Waals surface area (Å²) in [4.78, 5) is 10.9. The van der Waals surface area contributed by atoms with Gasteiger partial charge in [0.05, 0.1) is 15.6 Å². The summed E-state index contributed by atoms with van der Waals surface area (Å²) in [7, 11) is -2.47. The maximum atomic E-state index is 12.6. The normalized spacial score (nSPS) is 13.7. The standard InChI is InChI=1S/C13H17Cl2NO4S/c1-7(2)8(3)16(4)21(19,20)10-6-5-9(14)11(12(10)15)13(17)18/h5-8H,1-4H3,(H,17,18). The highest BCUT2D eigenvalue weighted by Crippen LogP contribution is 2.33. The van der Waals surface area contributed by atoms with Crippen molar-refractivity contribution < 1.29 is 18.3 Å². The summed E-state index contributed by atoms with van der Waals surface area (Å²) < 4.78 is 26.4. The summed E-state index contributed by atoms with van der Waals surface area (Å²) >= 11 is 11.7. The van der Waals surface area contributed by atoms with E-state index in [4.69, 9.17) is 28.3 Å². The Kier molecular flexibility index (Phi) is 5.66. The van der Waals surface area contributed by atoms with Gasteiger partial charge < -0.3 is 5.11 Å². The number of benzene rings is 1. The number of rotatable bonds is 5. The van der Waals surface area contributed by atoms with E-state index in [0.717, 1.165) is 0 Å². The average molecular weight is 354 g/mol. The molecule has 0 fully saturated rings. The molecule has 0 radical (unpaired) electrons. The van der Waals surface area contributed by atoms with Crippen LogP contribution in [-0.4, -0.2) is 36.9 Å². The lowest BCUT2D eigenvalue weighted by Gasteiger charge is -2.27. The van der Waals surface area contributed by atoms with Gasteiger partial charge in [-0.05, 0) is 25.0 Å². The van der Waals surface area contributed by atoms with E-state index in [-0.39, 0.29) is 26.9 Å². The van der Waals surface area contributed by atoms with Crippen molar-refractivity contribution in [3.8, 4) is 0 Å². The number of sulfonamides is 1. The first-order chi connectivity index (χ1) is 9.51. The van der Waals surface area contributed by atoms with Gasteiger partial charge in [0, 0.05) is 13.1 Å². The molecule has 1 unspecified atom stereocenters. The Hall–Kier alpha value is -0.820. The molecule has 1 atom stereocenters. The van der Waals surface area contributed by atoms with Crippen molar-refractivity contribution in [2.75, 3.05) is 7.05 Å². The summed E-state index contributed by atoms with van der Waals surface area (Å²) in [5.74, 6) is -1.28. The van der Waals surface area contributed by atoms with Gasteiger partial charge in [0.15, 0.2) is 0 Å². The molecule has 5 nitrogen and oxygen atoms in total. The maximum absolute atomic E-state index is 12.6. The summed E-state index contributed by atoms with van der Waals surface area (Å²) in [6.07, 6.45) is 0. The first kappa shape index (κ1) is 18.2. The molecule has 0 spiro atoms. The van der Waals surface area contributed by atoms with Gasteiger partial charge >= 0.3 is 5.97 Å². The van der Waals surface area contributed by atoms with E-state index >= 15 is 0 Å². The number of hydrogen-bond donors (Lipinski definition) is 1. The Balaban J connectivity index is 3.47. The van der Waals surface area contributed by atoms with Gasteiger partial charge in [0.1, 0.15) is 4.90 Å². The lowest BCUT2D eigenvalue weighted by Crippen LogP contribution is -2.38. The fourth-order valence-corrected chi connectivity index (χ4v) is 4.11. The number of nitrogens with zero attached hydrogens (tertiary/aromatic N) is 1. The Morgan fingerprint density at radius 3 is 2.19 bits per heavy atom. The molecule has 118 valence electrons. The van der Waals surface area contributed by atoms with Crippen LogP contribution < -0.4 is 0 Å². The maximum Gasteiger partial charge on any atom is 0.338 e. The lowest BCUT2D eigenvalue weighted by molar-refractivity contribution is 0.0697. The number of carbonyl (C=O) groups is 1. The monoisotopic (exact) mass is 353 g/mol. The molecular weight excluding hydrogens is 337 g/mol. The molecule has 0 heterocycles. The number of aromatic carboxylic acids is 1. The van der Waals surface area contributed by atoms with Gasteiger partial charge in [-0.1, -0.05) is 37.0 Å². The topological polar surface area (TPSA) is 74.7 Å². The minimum absolute atomic E-state index is 0.0924. The molecule has 1 aromatic carbocycles. The van der Waals surface area contributed by atoms with Crippen molar-refractivity contribution >= 4 is 39.2 Å². The molecule has 0 saturated heterocycles. The van der Waals surface area contributed by atoms with E-state index in [2.05, 4.69) is 0 Å².